The Hall–Kier alpha value is -2.71. The summed E-state index contributed by atoms with van der Waals surface area (Å²) in [6, 6.07) is 7.67. The molecule has 0 unspecified atom stereocenters. The van der Waals surface area contributed by atoms with Crippen LogP contribution in [0.4, 0.5) is 24.5 Å². The molecule has 0 fully saturated rings. The van der Waals surface area contributed by atoms with Crippen LogP contribution >= 0.6 is 23.2 Å². The zero-order valence-corrected chi connectivity index (χ0v) is 14.7. The summed E-state index contributed by atoms with van der Waals surface area (Å²) in [7, 11) is 0. The topological polar surface area (TPSA) is 69.6 Å². The first kappa shape index (κ1) is 19.1. The lowest BCUT2D eigenvalue weighted by Crippen LogP contribution is -2.32. The van der Waals surface area contributed by atoms with E-state index in [0.717, 1.165) is 12.1 Å². The van der Waals surface area contributed by atoms with Crippen LogP contribution in [0.25, 0.3) is 0 Å². The van der Waals surface area contributed by atoms with Gasteiger partial charge in [-0.05, 0) is 36.4 Å². The Morgan fingerprint density at radius 3 is 2.37 bits per heavy atom. The minimum Gasteiger partial charge on any atom is -0.506 e. The van der Waals surface area contributed by atoms with Gasteiger partial charge in [-0.3, -0.25) is 9.59 Å². The molecule has 0 bridgehead atoms. The maximum atomic E-state index is 12.9. The van der Waals surface area contributed by atoms with Gasteiger partial charge in [0.05, 0.1) is 16.9 Å². The van der Waals surface area contributed by atoms with Gasteiger partial charge in [-0.1, -0.05) is 29.3 Å². The molecule has 1 aliphatic heterocycles. The number of amides is 2. The first-order valence-corrected chi connectivity index (χ1v) is 8.06. The third-order valence-electron chi connectivity index (χ3n) is 3.68. The number of hydrogen-bond acceptors (Lipinski definition) is 4. The van der Waals surface area contributed by atoms with E-state index < -0.39 is 34.3 Å². The first-order chi connectivity index (χ1) is 12.6. The molecule has 2 aromatic rings. The lowest BCUT2D eigenvalue weighted by Gasteiger charge is -2.17. The molecule has 0 saturated heterocycles. The summed E-state index contributed by atoms with van der Waals surface area (Å²) in [5, 5.41) is 12.0. The number of benzene rings is 2. The van der Waals surface area contributed by atoms with Crippen molar-refractivity contribution in [3.8, 4) is 5.75 Å². The SMILES string of the molecule is O=C1C(Cl)=C(Nc2cc(Cl)ccc2O)C(=O)N1c1cccc(C(F)(F)F)c1. The van der Waals surface area contributed by atoms with E-state index in [1.54, 1.807) is 0 Å². The van der Waals surface area contributed by atoms with Crippen molar-refractivity contribution in [2.24, 2.45) is 0 Å². The van der Waals surface area contributed by atoms with Crippen molar-refractivity contribution in [3.63, 3.8) is 0 Å². The zero-order chi connectivity index (χ0) is 19.9. The number of alkyl halides is 3. The number of rotatable bonds is 3. The predicted octanol–water partition coefficient (Wildman–Crippen LogP) is 4.50. The number of anilines is 2. The van der Waals surface area contributed by atoms with Gasteiger partial charge in [0.15, 0.2) is 0 Å². The summed E-state index contributed by atoms with van der Waals surface area (Å²) >= 11 is 11.7. The van der Waals surface area contributed by atoms with Crippen LogP contribution in [0.2, 0.25) is 5.02 Å². The molecule has 140 valence electrons. The molecule has 0 aromatic heterocycles. The van der Waals surface area contributed by atoms with E-state index in [4.69, 9.17) is 23.2 Å². The van der Waals surface area contributed by atoms with Gasteiger partial charge in [-0.25, -0.2) is 4.90 Å². The van der Waals surface area contributed by atoms with Gasteiger partial charge in [0.2, 0.25) is 0 Å². The second kappa shape index (κ2) is 6.79. The van der Waals surface area contributed by atoms with Gasteiger partial charge in [0.1, 0.15) is 16.5 Å². The molecule has 5 nitrogen and oxygen atoms in total. The van der Waals surface area contributed by atoms with Crippen molar-refractivity contribution in [3.05, 3.63) is 63.8 Å². The fourth-order valence-electron chi connectivity index (χ4n) is 2.41. The van der Waals surface area contributed by atoms with Crippen LogP contribution in [0.3, 0.4) is 0 Å². The highest BCUT2D eigenvalue weighted by atomic mass is 35.5. The molecular formula is C17H9Cl2F3N2O3. The summed E-state index contributed by atoms with van der Waals surface area (Å²) in [6.07, 6.45) is -4.65. The maximum Gasteiger partial charge on any atom is 0.416 e. The van der Waals surface area contributed by atoms with Gasteiger partial charge in [0, 0.05) is 5.02 Å². The lowest BCUT2D eigenvalue weighted by atomic mass is 10.2. The number of nitrogens with one attached hydrogen (secondary N) is 1. The van der Waals surface area contributed by atoms with E-state index in [-0.39, 0.29) is 22.1 Å². The van der Waals surface area contributed by atoms with E-state index in [2.05, 4.69) is 5.32 Å². The number of hydrogen-bond donors (Lipinski definition) is 2. The van der Waals surface area contributed by atoms with Gasteiger partial charge < -0.3 is 10.4 Å². The van der Waals surface area contributed by atoms with Crippen molar-refractivity contribution in [2.45, 2.75) is 6.18 Å². The second-order valence-electron chi connectivity index (χ2n) is 5.47. The predicted molar refractivity (Wildman–Crippen MR) is 93.6 cm³/mol. The van der Waals surface area contributed by atoms with E-state index in [9.17, 15) is 27.9 Å². The molecule has 1 aliphatic rings. The number of nitrogens with zero attached hydrogens (tertiary/aromatic N) is 1. The van der Waals surface area contributed by atoms with Crippen LogP contribution in [0, 0.1) is 0 Å². The fourth-order valence-corrected chi connectivity index (χ4v) is 2.79. The number of carbonyl (C=O) groups excluding carboxylic acids is 2. The van der Waals surface area contributed by atoms with Crippen LogP contribution < -0.4 is 10.2 Å². The minimum atomic E-state index is -4.65. The molecule has 0 saturated carbocycles. The fraction of sp³-hybridized carbons (Fsp3) is 0.0588. The number of phenolic OH excluding ortho intramolecular Hbond substituents is 1. The smallest absolute Gasteiger partial charge is 0.416 e. The molecule has 0 aliphatic carbocycles. The van der Waals surface area contributed by atoms with Crippen LogP contribution in [0.5, 0.6) is 5.75 Å². The van der Waals surface area contributed by atoms with Crippen LogP contribution in [-0.2, 0) is 15.8 Å². The Kier molecular flexibility index (Phi) is 4.79. The second-order valence-corrected chi connectivity index (χ2v) is 6.28. The molecule has 1 heterocycles. The van der Waals surface area contributed by atoms with Crippen molar-refractivity contribution in [2.75, 3.05) is 10.2 Å². The highest BCUT2D eigenvalue weighted by Crippen LogP contribution is 2.36. The highest BCUT2D eigenvalue weighted by Gasteiger charge is 2.40. The van der Waals surface area contributed by atoms with Crippen molar-refractivity contribution in [1.82, 2.24) is 0 Å². The average Bonchev–Trinajstić information content (AvgIpc) is 2.81. The Morgan fingerprint density at radius 2 is 1.70 bits per heavy atom. The van der Waals surface area contributed by atoms with Gasteiger partial charge in [0.25, 0.3) is 11.8 Å². The van der Waals surface area contributed by atoms with E-state index >= 15 is 0 Å². The van der Waals surface area contributed by atoms with E-state index in [0.29, 0.717) is 11.0 Å². The van der Waals surface area contributed by atoms with Gasteiger partial charge in [-0.2, -0.15) is 13.2 Å². The Bertz CT molecular complexity index is 990. The Balaban J connectivity index is 1.96. The molecule has 0 radical (unpaired) electrons. The third kappa shape index (κ3) is 3.58. The summed E-state index contributed by atoms with van der Waals surface area (Å²) < 4.78 is 38.7. The molecule has 0 spiro atoms. The number of imide groups is 1. The largest absolute Gasteiger partial charge is 0.506 e. The molecular weight excluding hydrogens is 408 g/mol. The Morgan fingerprint density at radius 1 is 1.00 bits per heavy atom. The molecule has 2 aromatic carbocycles. The summed E-state index contributed by atoms with van der Waals surface area (Å²) in [4.78, 5) is 25.4. The summed E-state index contributed by atoms with van der Waals surface area (Å²) in [6.45, 7) is 0. The number of aromatic hydroxyl groups is 1. The van der Waals surface area contributed by atoms with Crippen molar-refractivity contribution >= 4 is 46.4 Å². The van der Waals surface area contributed by atoms with E-state index in [1.807, 2.05) is 0 Å². The van der Waals surface area contributed by atoms with Crippen LogP contribution in [0.15, 0.2) is 53.2 Å². The zero-order valence-electron chi connectivity index (χ0n) is 13.1. The molecule has 3 rings (SSSR count). The average molecular weight is 417 g/mol. The summed E-state index contributed by atoms with van der Waals surface area (Å²) in [5.74, 6) is -2.23. The number of phenols is 1. The van der Waals surface area contributed by atoms with Crippen molar-refractivity contribution in [1.29, 1.82) is 0 Å². The lowest BCUT2D eigenvalue weighted by molar-refractivity contribution is -0.137. The first-order valence-electron chi connectivity index (χ1n) is 7.31. The normalized spacial score (nSPS) is 14.9. The summed E-state index contributed by atoms with van der Waals surface area (Å²) in [5.41, 5.74) is -1.70. The van der Waals surface area contributed by atoms with Crippen LogP contribution in [0.1, 0.15) is 5.56 Å². The van der Waals surface area contributed by atoms with Crippen molar-refractivity contribution < 1.29 is 27.9 Å². The number of carbonyl (C=O) groups is 2. The van der Waals surface area contributed by atoms with Gasteiger partial charge >= 0.3 is 6.18 Å². The quantitative estimate of drug-likeness (QED) is 0.570. The minimum absolute atomic E-state index is 0.00249. The highest BCUT2D eigenvalue weighted by molar-refractivity contribution is 6.53. The number of halogens is 5. The molecule has 27 heavy (non-hydrogen) atoms. The molecule has 2 N–H and O–H groups in total. The molecule has 2 amide bonds. The molecule has 10 heteroatoms. The Labute approximate surface area is 160 Å². The third-order valence-corrected chi connectivity index (χ3v) is 4.26. The molecule has 0 atom stereocenters. The maximum absolute atomic E-state index is 12.9. The van der Waals surface area contributed by atoms with Gasteiger partial charge in [-0.15, -0.1) is 0 Å². The van der Waals surface area contributed by atoms with Crippen LogP contribution in [-0.4, -0.2) is 16.9 Å². The standard InChI is InChI=1S/C17H9Cl2F3N2O3/c18-9-4-5-12(25)11(7-9)23-14-13(19)15(26)24(16(14)27)10-3-1-2-8(6-10)17(20,21)22/h1-7,23,25H. The monoisotopic (exact) mass is 416 g/mol. The van der Waals surface area contributed by atoms with E-state index in [1.165, 1.54) is 24.3 Å².